The molecule has 0 unspecified atom stereocenters. The number of nitrogens with zero attached hydrogens (tertiary/aromatic N) is 5. The van der Waals surface area contributed by atoms with Gasteiger partial charge in [-0.3, -0.25) is 9.48 Å². The van der Waals surface area contributed by atoms with Crippen LogP contribution in [0.25, 0.3) is 11.3 Å². The van der Waals surface area contributed by atoms with Crippen LogP contribution < -0.4 is 5.56 Å². The van der Waals surface area contributed by atoms with Crippen LogP contribution in [-0.2, 0) is 43.0 Å². The first-order valence-corrected chi connectivity index (χ1v) is 15.9. The minimum absolute atomic E-state index is 0.123. The molecule has 0 saturated heterocycles. The van der Waals surface area contributed by atoms with Crippen molar-refractivity contribution in [2.45, 2.75) is 70.6 Å². The first kappa shape index (κ1) is 30.2. The summed E-state index contributed by atoms with van der Waals surface area (Å²) in [6.07, 6.45) is 2.61. The fourth-order valence-electron chi connectivity index (χ4n) is 5.39. The van der Waals surface area contributed by atoms with Crippen LogP contribution in [0.15, 0.2) is 64.5 Å². The summed E-state index contributed by atoms with van der Waals surface area (Å²) in [5.41, 5.74) is 7.10. The number of halogens is 1. The molecule has 0 atom stereocenters. The molecule has 7 nitrogen and oxygen atoms in total. The summed E-state index contributed by atoms with van der Waals surface area (Å²) in [5.74, 6) is 0.355. The summed E-state index contributed by atoms with van der Waals surface area (Å²) in [6.45, 7) is 11.7. The number of likely N-dealkylation sites (N-methyl/N-ethyl adjacent to an activating group) is 1. The first-order chi connectivity index (χ1) is 20.4. The van der Waals surface area contributed by atoms with Crippen LogP contribution in [0.2, 0.25) is 0 Å². The lowest BCUT2D eigenvalue weighted by atomic mass is 10.1. The highest BCUT2D eigenvalue weighted by molar-refractivity contribution is 7.98. The second kappa shape index (κ2) is 14.3. The molecule has 0 N–H and O–H groups in total. The topological polar surface area (TPSA) is 65.2 Å². The summed E-state index contributed by atoms with van der Waals surface area (Å²) < 4.78 is 23.9. The average molecular weight is 590 g/mol. The van der Waals surface area contributed by atoms with E-state index < -0.39 is 0 Å². The van der Waals surface area contributed by atoms with Crippen molar-refractivity contribution >= 4 is 11.8 Å². The summed E-state index contributed by atoms with van der Waals surface area (Å²) in [5, 5.41) is 5.64. The van der Waals surface area contributed by atoms with Crippen LogP contribution in [0, 0.1) is 12.7 Å². The lowest BCUT2D eigenvalue weighted by Crippen LogP contribution is -2.28. The van der Waals surface area contributed by atoms with Gasteiger partial charge in [0.05, 0.1) is 31.1 Å². The summed E-state index contributed by atoms with van der Waals surface area (Å²) in [7, 11) is 0. The maximum absolute atomic E-state index is 13.4. The molecule has 2 aromatic heterocycles. The summed E-state index contributed by atoms with van der Waals surface area (Å²) in [4.78, 5) is 19.6. The van der Waals surface area contributed by atoms with Crippen molar-refractivity contribution in [3.8, 4) is 11.3 Å². The highest BCUT2D eigenvalue weighted by Gasteiger charge is 2.22. The van der Waals surface area contributed by atoms with Gasteiger partial charge in [0.25, 0.3) is 5.56 Å². The molecular weight excluding hydrogens is 549 g/mol. The number of benzene rings is 2. The number of hydrogen-bond acceptors (Lipinski definition) is 6. The Hall–Kier alpha value is -3.27. The highest BCUT2D eigenvalue weighted by Crippen LogP contribution is 2.27. The number of aryl methyl sites for hydroxylation is 1. The normalized spacial score (nSPS) is 12.8. The number of fused-ring (bicyclic) bond motifs is 1. The standard InChI is InChI=1S/C33H40FN5O2S/c1-4-37(5-2)17-18-39-28(21-30(36-39)26-13-9-24(3)10-14-26)22-41-20-19-38-31-8-6-7-29(31)32(40)35-33(38)42-23-25-11-15-27(34)16-12-25/h9-16,21H,4-8,17-20,22-23H2,1-3H3. The number of rotatable bonds is 14. The molecular formula is C33H40FN5O2S. The van der Waals surface area contributed by atoms with Crippen molar-refractivity contribution in [3.63, 3.8) is 0 Å². The van der Waals surface area contributed by atoms with Crippen LogP contribution in [0.5, 0.6) is 0 Å². The van der Waals surface area contributed by atoms with Gasteiger partial charge in [0.1, 0.15) is 5.82 Å². The van der Waals surface area contributed by atoms with Crippen LogP contribution in [0.1, 0.15) is 48.3 Å². The second-order valence-corrected chi connectivity index (χ2v) is 11.7. The van der Waals surface area contributed by atoms with Crippen molar-refractivity contribution in [2.24, 2.45) is 0 Å². The molecule has 0 radical (unpaired) electrons. The Bertz CT molecular complexity index is 1530. The Labute approximate surface area is 251 Å². The Morgan fingerprint density at radius 1 is 1.02 bits per heavy atom. The SMILES string of the molecule is CCN(CC)CCn1nc(-c2ccc(C)cc2)cc1COCCn1c(SCc2ccc(F)cc2)nc(=O)c2c1CCC2. The molecule has 222 valence electrons. The molecule has 2 heterocycles. The average Bonchev–Trinajstić information content (AvgIpc) is 3.65. The maximum Gasteiger partial charge on any atom is 0.277 e. The van der Waals surface area contributed by atoms with E-state index in [-0.39, 0.29) is 11.4 Å². The molecule has 0 fully saturated rings. The van der Waals surface area contributed by atoms with Gasteiger partial charge in [-0.05, 0) is 63.0 Å². The Kier molecular flexibility index (Phi) is 10.3. The summed E-state index contributed by atoms with van der Waals surface area (Å²) >= 11 is 1.51. The van der Waals surface area contributed by atoms with E-state index in [1.54, 1.807) is 12.1 Å². The van der Waals surface area contributed by atoms with E-state index in [4.69, 9.17) is 9.84 Å². The fraction of sp³-hybridized carbons (Fsp3) is 0.424. The van der Waals surface area contributed by atoms with Crippen LogP contribution in [-0.4, -0.2) is 50.5 Å². The maximum atomic E-state index is 13.4. The van der Waals surface area contributed by atoms with Gasteiger partial charge in [-0.2, -0.15) is 10.1 Å². The van der Waals surface area contributed by atoms with Crippen LogP contribution in [0.4, 0.5) is 4.39 Å². The quantitative estimate of drug-likeness (QED) is 0.104. The molecule has 0 amide bonds. The van der Waals surface area contributed by atoms with Crippen molar-refractivity contribution in [3.05, 3.63) is 98.8 Å². The predicted molar refractivity (Wildman–Crippen MR) is 166 cm³/mol. The number of aromatic nitrogens is 4. The minimum Gasteiger partial charge on any atom is -0.373 e. The third kappa shape index (κ3) is 7.38. The van der Waals surface area contributed by atoms with Gasteiger partial charge in [0.2, 0.25) is 0 Å². The zero-order chi connectivity index (χ0) is 29.5. The molecule has 1 aliphatic rings. The summed E-state index contributed by atoms with van der Waals surface area (Å²) in [6, 6.07) is 17.1. The van der Waals surface area contributed by atoms with E-state index in [1.165, 1.54) is 29.5 Å². The van der Waals surface area contributed by atoms with Gasteiger partial charge in [0, 0.05) is 35.7 Å². The molecule has 0 spiro atoms. The minimum atomic E-state index is -0.256. The zero-order valence-electron chi connectivity index (χ0n) is 24.8. The molecule has 1 aliphatic carbocycles. The van der Waals surface area contributed by atoms with Crippen molar-refractivity contribution in [1.82, 2.24) is 24.2 Å². The van der Waals surface area contributed by atoms with E-state index in [1.807, 2.05) is 0 Å². The lowest BCUT2D eigenvalue weighted by Gasteiger charge is -2.19. The van der Waals surface area contributed by atoms with Gasteiger partial charge < -0.3 is 14.2 Å². The van der Waals surface area contributed by atoms with Gasteiger partial charge in [-0.15, -0.1) is 0 Å². The zero-order valence-corrected chi connectivity index (χ0v) is 25.6. The Balaban J connectivity index is 1.29. The number of ether oxygens (including phenoxy) is 1. The molecule has 5 rings (SSSR count). The third-order valence-electron chi connectivity index (χ3n) is 7.92. The second-order valence-electron chi connectivity index (χ2n) is 10.7. The predicted octanol–water partition coefficient (Wildman–Crippen LogP) is 5.89. The third-order valence-corrected chi connectivity index (χ3v) is 8.97. The van der Waals surface area contributed by atoms with E-state index in [0.29, 0.717) is 30.7 Å². The van der Waals surface area contributed by atoms with Gasteiger partial charge in [0.15, 0.2) is 5.16 Å². The van der Waals surface area contributed by atoms with E-state index >= 15 is 0 Å². The molecule has 0 saturated carbocycles. The molecule has 2 aromatic carbocycles. The Morgan fingerprint density at radius 3 is 2.52 bits per heavy atom. The first-order valence-electron chi connectivity index (χ1n) is 14.9. The molecule has 9 heteroatoms. The molecule has 0 bridgehead atoms. The van der Waals surface area contributed by atoms with E-state index in [9.17, 15) is 9.18 Å². The number of hydrogen-bond donors (Lipinski definition) is 0. The molecule has 42 heavy (non-hydrogen) atoms. The van der Waals surface area contributed by atoms with Crippen molar-refractivity contribution in [2.75, 3.05) is 26.2 Å². The van der Waals surface area contributed by atoms with Gasteiger partial charge >= 0.3 is 0 Å². The van der Waals surface area contributed by atoms with E-state index in [2.05, 4.69) is 70.2 Å². The molecule has 4 aromatic rings. The Morgan fingerprint density at radius 2 is 1.79 bits per heavy atom. The smallest absolute Gasteiger partial charge is 0.277 e. The lowest BCUT2D eigenvalue weighted by molar-refractivity contribution is 0.104. The van der Waals surface area contributed by atoms with Crippen LogP contribution in [0.3, 0.4) is 0 Å². The fourth-order valence-corrected chi connectivity index (χ4v) is 6.39. The van der Waals surface area contributed by atoms with Gasteiger partial charge in [-0.25, -0.2) is 4.39 Å². The number of thioether (sulfide) groups is 1. The largest absolute Gasteiger partial charge is 0.373 e. The molecule has 0 aliphatic heterocycles. The van der Waals surface area contributed by atoms with Crippen LogP contribution >= 0.6 is 11.8 Å². The monoisotopic (exact) mass is 589 g/mol. The van der Waals surface area contributed by atoms with E-state index in [0.717, 1.165) is 79.2 Å². The highest BCUT2D eigenvalue weighted by atomic mass is 32.2. The van der Waals surface area contributed by atoms with Crippen molar-refractivity contribution in [1.29, 1.82) is 0 Å². The van der Waals surface area contributed by atoms with Gasteiger partial charge in [-0.1, -0.05) is 67.6 Å². The van der Waals surface area contributed by atoms with Crippen molar-refractivity contribution < 1.29 is 9.13 Å².